The topological polar surface area (TPSA) is 20.3 Å². The Kier molecular flexibility index (Phi) is 3.98. The van der Waals surface area contributed by atoms with Gasteiger partial charge >= 0.3 is 0 Å². The Morgan fingerprint density at radius 1 is 1.53 bits per heavy atom. The minimum atomic E-state index is 0.0581. The minimum absolute atomic E-state index is 0.0581. The molecule has 1 unspecified atom stereocenters. The predicted molar refractivity (Wildman–Crippen MR) is 78.4 cm³/mol. The first-order valence-electron chi connectivity index (χ1n) is 5.73. The molecule has 1 fully saturated rings. The number of carbonyl (C=O) groups excluding carboxylic acids is 1. The van der Waals surface area contributed by atoms with Crippen molar-refractivity contribution in [1.29, 1.82) is 0 Å². The smallest absolute Gasteiger partial charge is 0.253 e. The summed E-state index contributed by atoms with van der Waals surface area (Å²) in [6, 6.07) is 5.79. The molecule has 1 amide bonds. The van der Waals surface area contributed by atoms with Crippen LogP contribution in [0.4, 0.5) is 0 Å². The van der Waals surface area contributed by atoms with Gasteiger partial charge in [-0.3, -0.25) is 4.79 Å². The molecule has 0 aliphatic heterocycles. The minimum Gasteiger partial charge on any atom is -0.339 e. The molecule has 2 nitrogen and oxygen atoms in total. The summed E-state index contributed by atoms with van der Waals surface area (Å²) in [4.78, 5) is 14.1. The van der Waals surface area contributed by atoms with E-state index in [4.69, 9.17) is 11.6 Å². The van der Waals surface area contributed by atoms with Gasteiger partial charge in [0.2, 0.25) is 0 Å². The van der Waals surface area contributed by atoms with Crippen LogP contribution in [0.2, 0.25) is 5.02 Å². The van der Waals surface area contributed by atoms with Crippen molar-refractivity contribution in [3.8, 4) is 0 Å². The summed E-state index contributed by atoms with van der Waals surface area (Å²) in [5.41, 5.74) is 0.672. The Bertz CT molecular complexity index is 445. The van der Waals surface area contributed by atoms with E-state index in [0.717, 1.165) is 3.57 Å². The second-order valence-electron chi connectivity index (χ2n) is 4.62. The number of nitrogens with zero attached hydrogens (tertiary/aromatic N) is 1. The van der Waals surface area contributed by atoms with Gasteiger partial charge in [0.1, 0.15) is 0 Å². The van der Waals surface area contributed by atoms with Crippen molar-refractivity contribution in [3.05, 3.63) is 32.4 Å². The molecule has 0 radical (unpaired) electrons. The van der Waals surface area contributed by atoms with Crippen molar-refractivity contribution in [2.24, 2.45) is 5.92 Å². The van der Waals surface area contributed by atoms with Crippen molar-refractivity contribution >= 4 is 40.1 Å². The van der Waals surface area contributed by atoms with E-state index in [1.807, 2.05) is 24.1 Å². The Morgan fingerprint density at radius 2 is 2.18 bits per heavy atom. The molecule has 0 heterocycles. The lowest BCUT2D eigenvalue weighted by Gasteiger charge is -2.25. The summed E-state index contributed by atoms with van der Waals surface area (Å²) in [7, 11) is 1.87. The van der Waals surface area contributed by atoms with E-state index in [9.17, 15) is 4.79 Å². The third-order valence-electron chi connectivity index (χ3n) is 3.40. The van der Waals surface area contributed by atoms with E-state index in [-0.39, 0.29) is 5.91 Å². The van der Waals surface area contributed by atoms with Gasteiger partial charge in [-0.05, 0) is 66.5 Å². The number of halogens is 2. The number of amides is 1. The zero-order valence-corrected chi connectivity index (χ0v) is 12.8. The number of rotatable bonds is 3. The molecule has 0 bridgehead atoms. The van der Waals surface area contributed by atoms with Gasteiger partial charge in [0.05, 0.1) is 5.02 Å². The molecule has 2 rings (SSSR count). The average Bonchev–Trinajstić information content (AvgIpc) is 3.14. The van der Waals surface area contributed by atoms with E-state index in [1.54, 1.807) is 6.07 Å². The van der Waals surface area contributed by atoms with E-state index in [2.05, 4.69) is 29.5 Å². The second kappa shape index (κ2) is 5.14. The maximum atomic E-state index is 12.2. The van der Waals surface area contributed by atoms with E-state index < -0.39 is 0 Å². The van der Waals surface area contributed by atoms with Gasteiger partial charge in [0, 0.05) is 22.2 Å². The van der Waals surface area contributed by atoms with Crippen molar-refractivity contribution in [1.82, 2.24) is 4.90 Å². The predicted octanol–water partition coefficient (Wildman–Crippen LogP) is 3.82. The van der Waals surface area contributed by atoms with Crippen LogP contribution in [0.5, 0.6) is 0 Å². The number of benzene rings is 1. The first-order valence-corrected chi connectivity index (χ1v) is 7.18. The summed E-state index contributed by atoms with van der Waals surface area (Å²) in [6.07, 6.45) is 2.48. The third-order valence-corrected chi connectivity index (χ3v) is 4.97. The molecular weight excluding hydrogens is 349 g/mol. The van der Waals surface area contributed by atoms with Crippen LogP contribution in [-0.2, 0) is 0 Å². The second-order valence-corrected chi connectivity index (χ2v) is 6.19. The van der Waals surface area contributed by atoms with Crippen molar-refractivity contribution < 1.29 is 4.79 Å². The normalized spacial score (nSPS) is 16.7. The van der Waals surface area contributed by atoms with Crippen molar-refractivity contribution in [2.45, 2.75) is 25.8 Å². The lowest BCUT2D eigenvalue weighted by Crippen LogP contribution is -2.36. The van der Waals surface area contributed by atoms with Crippen LogP contribution in [0.25, 0.3) is 0 Å². The molecular formula is C13H15ClINO. The number of hydrogen-bond donors (Lipinski definition) is 0. The van der Waals surface area contributed by atoms with Gasteiger partial charge < -0.3 is 4.90 Å². The first-order chi connectivity index (χ1) is 8.00. The molecule has 1 saturated carbocycles. The Labute approximate surface area is 120 Å². The van der Waals surface area contributed by atoms with Gasteiger partial charge in [-0.15, -0.1) is 0 Å². The van der Waals surface area contributed by atoms with Crippen molar-refractivity contribution in [3.63, 3.8) is 0 Å². The highest BCUT2D eigenvalue weighted by molar-refractivity contribution is 14.1. The van der Waals surface area contributed by atoms with Gasteiger partial charge in [0.15, 0.2) is 0 Å². The lowest BCUT2D eigenvalue weighted by atomic mass is 10.1. The SMILES string of the molecule is CC(C1CC1)N(C)C(=O)c1ccc(I)c(Cl)c1. The largest absolute Gasteiger partial charge is 0.339 e. The molecule has 1 aliphatic rings. The van der Waals surface area contributed by atoms with Crippen LogP contribution >= 0.6 is 34.2 Å². The van der Waals surface area contributed by atoms with Crippen molar-refractivity contribution in [2.75, 3.05) is 7.05 Å². The van der Waals surface area contributed by atoms with E-state index in [0.29, 0.717) is 22.5 Å². The first kappa shape index (κ1) is 13.1. The van der Waals surface area contributed by atoms with Crippen LogP contribution in [0, 0.1) is 9.49 Å². The summed E-state index contributed by atoms with van der Waals surface area (Å²) >= 11 is 8.20. The molecule has 4 heteroatoms. The summed E-state index contributed by atoms with van der Waals surface area (Å²) in [5.74, 6) is 0.742. The standard InChI is InChI=1S/C13H15ClINO/c1-8(9-3-4-9)16(2)13(17)10-5-6-12(15)11(14)7-10/h5-9H,3-4H2,1-2H3. The van der Waals surface area contributed by atoms with Crippen LogP contribution in [0.1, 0.15) is 30.1 Å². The zero-order valence-electron chi connectivity index (χ0n) is 9.91. The van der Waals surface area contributed by atoms with E-state index >= 15 is 0 Å². The Hall–Kier alpha value is -0.290. The monoisotopic (exact) mass is 363 g/mol. The van der Waals surface area contributed by atoms with E-state index in [1.165, 1.54) is 12.8 Å². The molecule has 1 aromatic carbocycles. The van der Waals surface area contributed by atoms with Crippen LogP contribution < -0.4 is 0 Å². The molecule has 0 aromatic heterocycles. The molecule has 1 aliphatic carbocycles. The molecule has 1 atom stereocenters. The fourth-order valence-corrected chi connectivity index (χ4v) is 2.43. The Morgan fingerprint density at radius 3 is 2.71 bits per heavy atom. The summed E-state index contributed by atoms with van der Waals surface area (Å²) in [6.45, 7) is 2.11. The molecule has 0 N–H and O–H groups in total. The fourth-order valence-electron chi connectivity index (χ4n) is 1.91. The summed E-state index contributed by atoms with van der Waals surface area (Å²) in [5, 5.41) is 0.643. The Balaban J connectivity index is 2.15. The third kappa shape index (κ3) is 2.94. The maximum Gasteiger partial charge on any atom is 0.253 e. The zero-order chi connectivity index (χ0) is 12.6. The van der Waals surface area contributed by atoms with Gasteiger partial charge in [-0.25, -0.2) is 0 Å². The lowest BCUT2D eigenvalue weighted by molar-refractivity contribution is 0.0727. The quantitative estimate of drug-likeness (QED) is 0.748. The molecule has 0 spiro atoms. The highest BCUT2D eigenvalue weighted by Gasteiger charge is 2.32. The molecule has 92 valence electrons. The highest BCUT2D eigenvalue weighted by atomic mass is 127. The van der Waals surface area contributed by atoms with Crippen LogP contribution in [0.15, 0.2) is 18.2 Å². The van der Waals surface area contributed by atoms with Gasteiger partial charge in [-0.1, -0.05) is 11.6 Å². The molecule has 17 heavy (non-hydrogen) atoms. The van der Waals surface area contributed by atoms with Gasteiger partial charge in [-0.2, -0.15) is 0 Å². The average molecular weight is 364 g/mol. The highest BCUT2D eigenvalue weighted by Crippen LogP contribution is 2.35. The van der Waals surface area contributed by atoms with Crippen LogP contribution in [-0.4, -0.2) is 23.9 Å². The van der Waals surface area contributed by atoms with Crippen LogP contribution in [0.3, 0.4) is 0 Å². The van der Waals surface area contributed by atoms with Gasteiger partial charge in [0.25, 0.3) is 5.91 Å². The number of carbonyl (C=O) groups is 1. The molecule has 0 saturated heterocycles. The molecule has 1 aromatic rings. The maximum absolute atomic E-state index is 12.2. The number of hydrogen-bond acceptors (Lipinski definition) is 1. The fraction of sp³-hybridized carbons (Fsp3) is 0.462. The summed E-state index contributed by atoms with van der Waals surface area (Å²) < 4.78 is 0.971.